The van der Waals surface area contributed by atoms with Crippen molar-refractivity contribution in [2.75, 3.05) is 4.90 Å². The van der Waals surface area contributed by atoms with Gasteiger partial charge in [-0.2, -0.15) is 0 Å². The Kier molecular flexibility index (Phi) is 4.83. The zero-order valence-electron chi connectivity index (χ0n) is 26.2. The molecule has 4 heterocycles. The van der Waals surface area contributed by atoms with E-state index in [1.54, 1.807) is 0 Å². The number of furan rings is 1. The number of hydrogen-bond donors (Lipinski definition) is 1. The van der Waals surface area contributed by atoms with Crippen LogP contribution in [0, 0.1) is 0 Å². The third-order valence-electron chi connectivity index (χ3n) is 11.0. The molecule has 0 radical (unpaired) electrons. The molecule has 2 aromatic heterocycles. The minimum Gasteiger partial charge on any atom is -0.454 e. The van der Waals surface area contributed by atoms with Crippen LogP contribution in [0.2, 0.25) is 13.1 Å². The zero-order valence-corrected chi connectivity index (χ0v) is 27.2. The first-order valence-electron chi connectivity index (χ1n) is 16.5. The van der Waals surface area contributed by atoms with Gasteiger partial charge in [0.1, 0.15) is 13.7 Å². The van der Waals surface area contributed by atoms with Crippen LogP contribution in [-0.2, 0) is 0 Å². The zero-order chi connectivity index (χ0) is 31.0. The molecule has 3 nitrogen and oxygen atoms in total. The first-order chi connectivity index (χ1) is 23.1. The van der Waals surface area contributed by atoms with Crippen LogP contribution in [0.5, 0.6) is 0 Å². The Labute approximate surface area is 273 Å². The Bertz CT molecular complexity index is 2830. The summed E-state index contributed by atoms with van der Waals surface area (Å²) in [5.74, 6) is 0. The summed E-state index contributed by atoms with van der Waals surface area (Å²) in [5, 5.41) is 10.4. The maximum Gasteiger partial charge on any atom is 0.198 e. The van der Waals surface area contributed by atoms with Crippen LogP contribution < -0.4 is 26.2 Å². The number of fused-ring (bicyclic) bond motifs is 13. The first-order valence-corrected chi connectivity index (χ1v) is 19.5. The van der Waals surface area contributed by atoms with Gasteiger partial charge in [0.05, 0.1) is 11.2 Å². The van der Waals surface area contributed by atoms with Crippen LogP contribution in [0.1, 0.15) is 0 Å². The van der Waals surface area contributed by atoms with Gasteiger partial charge in [-0.3, -0.25) is 0 Å². The maximum atomic E-state index is 6.87. The lowest BCUT2D eigenvalue weighted by molar-refractivity contribution is 0.669. The molecule has 0 amide bonds. The van der Waals surface area contributed by atoms with Crippen molar-refractivity contribution in [3.63, 3.8) is 0 Å². The molecule has 7 aromatic carbocycles. The quantitative estimate of drug-likeness (QED) is 0.188. The standard InChI is InChI=1S/C42H29BN2OSi/c1-47(2)35-19-8-6-17-33(35)45-40-31(16-10-20-36(40)47)43-38-29(23-30-26-13-5-7-18-34(26)46-42(30)41(38)45)27-14-9-15-28-37-25-12-4-3-11-24(25)21-22-32(37)44-39(27)28/h3-23,43-44H,1-2H3. The molecule has 2 aliphatic rings. The average molecular weight is 617 g/mol. The molecule has 0 unspecified atom stereocenters. The van der Waals surface area contributed by atoms with Crippen LogP contribution >= 0.6 is 0 Å². The Morgan fingerprint density at radius 1 is 0.638 bits per heavy atom. The summed E-state index contributed by atoms with van der Waals surface area (Å²) in [6.07, 6.45) is 0. The van der Waals surface area contributed by atoms with Crippen molar-refractivity contribution >= 4 is 108 Å². The molecular weight excluding hydrogens is 587 g/mol. The molecule has 47 heavy (non-hydrogen) atoms. The van der Waals surface area contributed by atoms with Gasteiger partial charge in [0.15, 0.2) is 12.9 Å². The lowest BCUT2D eigenvalue weighted by atomic mass is 9.58. The molecule has 0 spiro atoms. The van der Waals surface area contributed by atoms with Crippen molar-refractivity contribution in [2.45, 2.75) is 13.1 Å². The Morgan fingerprint density at radius 3 is 2.34 bits per heavy atom. The van der Waals surface area contributed by atoms with Gasteiger partial charge in [-0.15, -0.1) is 0 Å². The largest absolute Gasteiger partial charge is 0.454 e. The van der Waals surface area contributed by atoms with E-state index in [0.717, 1.165) is 29.2 Å². The van der Waals surface area contributed by atoms with Gasteiger partial charge < -0.3 is 14.3 Å². The molecular formula is C42H29BN2OSi. The molecule has 5 heteroatoms. The molecule has 0 aliphatic carbocycles. The molecule has 11 rings (SSSR count). The molecule has 220 valence electrons. The fraction of sp³-hybridized carbons (Fsp3) is 0.0476. The summed E-state index contributed by atoms with van der Waals surface area (Å²) in [5.41, 5.74) is 13.3. The van der Waals surface area contributed by atoms with Crippen molar-refractivity contribution in [3.8, 4) is 11.1 Å². The van der Waals surface area contributed by atoms with Crippen LogP contribution in [0.4, 0.5) is 17.1 Å². The SMILES string of the molecule is C[Si]1(C)c2ccccc2N2c3c(cccc31)Bc1c(-c3cccc4c3[nH]c3ccc5ccccc5c34)cc3c(oc4ccccc43)c12. The van der Waals surface area contributed by atoms with E-state index in [2.05, 4.69) is 150 Å². The average Bonchev–Trinajstić information content (AvgIpc) is 3.68. The van der Waals surface area contributed by atoms with Crippen molar-refractivity contribution in [1.82, 2.24) is 4.98 Å². The smallest absolute Gasteiger partial charge is 0.198 e. The highest BCUT2D eigenvalue weighted by Crippen LogP contribution is 2.47. The van der Waals surface area contributed by atoms with Crippen LogP contribution in [0.15, 0.2) is 132 Å². The van der Waals surface area contributed by atoms with Gasteiger partial charge in [-0.05, 0) is 56.4 Å². The van der Waals surface area contributed by atoms with E-state index >= 15 is 0 Å². The summed E-state index contributed by atoms with van der Waals surface area (Å²) < 4.78 is 6.87. The maximum absolute atomic E-state index is 6.87. The number of H-pyrrole nitrogens is 1. The van der Waals surface area contributed by atoms with Crippen LogP contribution in [0.25, 0.3) is 65.6 Å². The number of anilines is 3. The minimum absolute atomic E-state index is 0.851. The summed E-state index contributed by atoms with van der Waals surface area (Å²) in [7, 11) is -1.09. The summed E-state index contributed by atoms with van der Waals surface area (Å²) in [4.78, 5) is 6.44. The molecule has 1 N–H and O–H groups in total. The Balaban J connectivity index is 1.30. The topological polar surface area (TPSA) is 32.2 Å². The highest BCUT2D eigenvalue weighted by Gasteiger charge is 2.43. The van der Waals surface area contributed by atoms with E-state index in [1.807, 2.05) is 0 Å². The highest BCUT2D eigenvalue weighted by molar-refractivity contribution is 7.03. The third-order valence-corrected chi connectivity index (χ3v) is 14.5. The molecule has 9 aromatic rings. The number of benzene rings is 7. The number of rotatable bonds is 1. The van der Waals surface area contributed by atoms with E-state index in [4.69, 9.17) is 4.42 Å². The van der Waals surface area contributed by atoms with Gasteiger partial charge in [-0.25, -0.2) is 0 Å². The highest BCUT2D eigenvalue weighted by atomic mass is 28.3. The van der Waals surface area contributed by atoms with Crippen LogP contribution in [0.3, 0.4) is 0 Å². The van der Waals surface area contributed by atoms with E-state index in [0.29, 0.717) is 0 Å². The lowest BCUT2D eigenvalue weighted by Gasteiger charge is -2.45. The van der Waals surface area contributed by atoms with Gasteiger partial charge >= 0.3 is 0 Å². The number of aromatic nitrogens is 1. The summed E-state index contributed by atoms with van der Waals surface area (Å²) in [6.45, 7) is 5.00. The second-order valence-corrected chi connectivity index (χ2v) is 18.1. The van der Waals surface area contributed by atoms with E-state index in [9.17, 15) is 0 Å². The van der Waals surface area contributed by atoms with Gasteiger partial charge in [-0.1, -0.05) is 122 Å². The van der Waals surface area contributed by atoms with E-state index in [-0.39, 0.29) is 0 Å². The molecule has 0 saturated carbocycles. The normalized spacial score (nSPS) is 14.5. The van der Waals surface area contributed by atoms with Crippen molar-refractivity contribution in [1.29, 1.82) is 0 Å². The summed E-state index contributed by atoms with van der Waals surface area (Å²) in [6, 6.07) is 47.0. The fourth-order valence-corrected chi connectivity index (χ4v) is 11.9. The molecule has 0 fully saturated rings. The van der Waals surface area contributed by atoms with Crippen molar-refractivity contribution in [2.24, 2.45) is 0 Å². The Morgan fingerprint density at radius 2 is 1.40 bits per heavy atom. The number of aromatic amines is 1. The van der Waals surface area contributed by atoms with Gasteiger partial charge in [0.25, 0.3) is 0 Å². The second kappa shape index (κ2) is 8.84. The first kappa shape index (κ1) is 25.6. The monoisotopic (exact) mass is 616 g/mol. The second-order valence-electron chi connectivity index (χ2n) is 13.8. The molecule has 2 aliphatic heterocycles. The Hall–Kier alpha value is -5.52. The predicted octanol–water partition coefficient (Wildman–Crippen LogP) is 8.35. The van der Waals surface area contributed by atoms with E-state index < -0.39 is 8.07 Å². The minimum atomic E-state index is -1.94. The molecule has 0 saturated heterocycles. The molecule has 0 atom stereocenters. The number of nitrogens with one attached hydrogen (secondary N) is 1. The van der Waals surface area contributed by atoms with Crippen LogP contribution in [-0.4, -0.2) is 20.3 Å². The van der Waals surface area contributed by atoms with Crippen molar-refractivity contribution < 1.29 is 4.42 Å². The van der Waals surface area contributed by atoms with Crippen molar-refractivity contribution in [3.05, 3.63) is 127 Å². The fourth-order valence-electron chi connectivity index (χ4n) is 8.84. The number of para-hydroxylation sites is 4. The number of nitrogens with zero attached hydrogens (tertiary/aromatic N) is 1. The lowest BCUT2D eigenvalue weighted by Crippen LogP contribution is -2.62. The van der Waals surface area contributed by atoms with Gasteiger partial charge in [0, 0.05) is 44.0 Å². The van der Waals surface area contributed by atoms with E-state index in [1.165, 1.54) is 82.1 Å². The van der Waals surface area contributed by atoms with Gasteiger partial charge in [0.2, 0.25) is 0 Å². The summed E-state index contributed by atoms with van der Waals surface area (Å²) >= 11 is 0. The number of hydrogen-bond acceptors (Lipinski definition) is 2. The predicted molar refractivity (Wildman–Crippen MR) is 204 cm³/mol. The third kappa shape index (κ3) is 3.22. The molecule has 0 bridgehead atoms.